The van der Waals surface area contributed by atoms with Crippen molar-refractivity contribution < 1.29 is 18.0 Å². The zero-order valence-electron chi connectivity index (χ0n) is 10.4. The lowest BCUT2D eigenvalue weighted by Gasteiger charge is -2.20. The van der Waals surface area contributed by atoms with E-state index in [9.17, 15) is 18.0 Å². The Morgan fingerprint density at radius 1 is 1.10 bits per heavy atom. The summed E-state index contributed by atoms with van der Waals surface area (Å²) in [7, 11) is 0. The van der Waals surface area contributed by atoms with Crippen LogP contribution in [0.3, 0.4) is 0 Å². The monoisotopic (exact) mass is 280 g/mol. The van der Waals surface area contributed by atoms with Gasteiger partial charge in [0.25, 0.3) is 0 Å². The Kier molecular flexibility index (Phi) is 4.88. The van der Waals surface area contributed by atoms with Crippen LogP contribution in [-0.4, -0.2) is 12.5 Å². The van der Waals surface area contributed by atoms with E-state index in [1.165, 1.54) is 24.3 Å². The molecule has 0 aromatic heterocycles. The molecule has 0 amide bonds. The molecule has 1 rings (SSSR count). The van der Waals surface area contributed by atoms with Gasteiger partial charge in [-0.1, -0.05) is 12.1 Å². The predicted octanol–water partition coefficient (Wildman–Crippen LogP) is 3.15. The number of alkyl halides is 3. The Morgan fingerprint density at radius 2 is 1.70 bits per heavy atom. The molecular weight excluding hydrogens is 269 g/mol. The van der Waals surface area contributed by atoms with Crippen LogP contribution in [-0.2, 0) is 11.2 Å². The highest BCUT2D eigenvalue weighted by Gasteiger charge is 2.36. The normalized spacial score (nSPS) is 13.8. The van der Waals surface area contributed by atoms with Gasteiger partial charge in [-0.3, -0.25) is 0 Å². The third kappa shape index (κ3) is 4.40. The fraction of sp³-hybridized carbons (Fsp3) is 0.357. The highest BCUT2D eigenvalue weighted by atomic mass is 19.4. The first-order chi connectivity index (χ1) is 9.34. The summed E-state index contributed by atoms with van der Waals surface area (Å²) in [6.07, 6.45) is -5.99. The van der Waals surface area contributed by atoms with Crippen molar-refractivity contribution in [1.82, 2.24) is 0 Å². The predicted molar refractivity (Wildman–Crippen MR) is 64.3 cm³/mol. The van der Waals surface area contributed by atoms with Crippen molar-refractivity contribution in [3.05, 3.63) is 35.4 Å². The molecule has 1 aromatic carbocycles. The number of hydrogen-bond acceptors (Lipinski definition) is 3. The summed E-state index contributed by atoms with van der Waals surface area (Å²) in [5.41, 5.74) is -0.749. The lowest BCUT2D eigenvalue weighted by molar-refractivity contribution is -0.140. The van der Waals surface area contributed by atoms with E-state index in [4.69, 9.17) is 10.5 Å². The molecule has 1 atom stereocenters. The highest BCUT2D eigenvalue weighted by molar-refractivity contribution is 5.64. The fourth-order valence-corrected chi connectivity index (χ4v) is 1.74. The minimum absolute atomic E-state index is 0.102. The Hall–Kier alpha value is -2.34. The fourth-order valence-electron chi connectivity index (χ4n) is 1.74. The molecule has 0 spiro atoms. The lowest BCUT2D eigenvalue weighted by atomic mass is 9.80. The van der Waals surface area contributed by atoms with Crippen LogP contribution in [0.1, 0.15) is 24.0 Å². The van der Waals surface area contributed by atoms with Gasteiger partial charge in [0, 0.05) is 6.42 Å². The van der Waals surface area contributed by atoms with Crippen molar-refractivity contribution in [2.45, 2.75) is 25.4 Å². The first-order valence-corrected chi connectivity index (χ1v) is 5.77. The zero-order chi connectivity index (χ0) is 15.2. The second kappa shape index (κ2) is 6.21. The van der Waals surface area contributed by atoms with Crippen molar-refractivity contribution in [2.24, 2.45) is 5.41 Å². The molecule has 0 saturated heterocycles. The number of carbonyl (C=O) groups is 1. The van der Waals surface area contributed by atoms with Gasteiger partial charge < -0.3 is 4.79 Å². The van der Waals surface area contributed by atoms with Crippen LogP contribution in [0.2, 0.25) is 0 Å². The van der Waals surface area contributed by atoms with Gasteiger partial charge in [-0.15, -0.1) is 0 Å². The molecule has 104 valence electrons. The topological polar surface area (TPSA) is 64.7 Å². The maximum Gasteiger partial charge on any atom is 0.389 e. The van der Waals surface area contributed by atoms with E-state index in [2.05, 4.69) is 0 Å². The first-order valence-electron chi connectivity index (χ1n) is 5.77. The van der Waals surface area contributed by atoms with Gasteiger partial charge in [-0.2, -0.15) is 23.7 Å². The molecule has 6 heteroatoms. The number of carbonyl (C=O) groups excluding carboxylic acids is 1. The highest BCUT2D eigenvalue weighted by Crippen LogP contribution is 2.32. The largest absolute Gasteiger partial charge is 0.389 e. The molecule has 1 unspecified atom stereocenters. The Labute approximate surface area is 114 Å². The molecule has 0 aliphatic heterocycles. The second-order valence-electron chi connectivity index (χ2n) is 4.49. The van der Waals surface area contributed by atoms with E-state index < -0.39 is 24.4 Å². The van der Waals surface area contributed by atoms with Gasteiger partial charge in [0.15, 0.2) is 0 Å². The SMILES string of the molecule is N#Cc1ccc(CC(C#N)(C=O)CCC(F)(F)F)cc1. The minimum Gasteiger partial charge on any atom is -0.302 e. The van der Waals surface area contributed by atoms with Gasteiger partial charge in [-0.05, 0) is 30.5 Å². The van der Waals surface area contributed by atoms with Crippen LogP contribution in [0.25, 0.3) is 0 Å². The summed E-state index contributed by atoms with van der Waals surface area (Å²) in [6.45, 7) is 0. The third-order valence-electron chi connectivity index (χ3n) is 2.91. The molecule has 0 radical (unpaired) electrons. The van der Waals surface area contributed by atoms with Crippen molar-refractivity contribution in [3.63, 3.8) is 0 Å². The van der Waals surface area contributed by atoms with Crippen LogP contribution in [0.5, 0.6) is 0 Å². The van der Waals surface area contributed by atoms with Crippen LogP contribution in [0.4, 0.5) is 13.2 Å². The molecule has 20 heavy (non-hydrogen) atoms. The van der Waals surface area contributed by atoms with E-state index in [1.807, 2.05) is 6.07 Å². The zero-order valence-corrected chi connectivity index (χ0v) is 10.4. The minimum atomic E-state index is -4.41. The number of hydrogen-bond donors (Lipinski definition) is 0. The van der Waals surface area contributed by atoms with Gasteiger partial charge in [0.1, 0.15) is 11.7 Å². The van der Waals surface area contributed by atoms with Gasteiger partial charge >= 0.3 is 6.18 Å². The Balaban J connectivity index is 2.88. The average molecular weight is 280 g/mol. The van der Waals surface area contributed by atoms with Gasteiger partial charge in [0.2, 0.25) is 0 Å². The maximum atomic E-state index is 12.2. The van der Waals surface area contributed by atoms with Crippen molar-refractivity contribution >= 4 is 6.29 Å². The van der Waals surface area contributed by atoms with Crippen molar-refractivity contribution in [1.29, 1.82) is 10.5 Å². The summed E-state index contributed by atoms with van der Waals surface area (Å²) < 4.78 is 36.7. The van der Waals surface area contributed by atoms with Crippen molar-refractivity contribution in [2.75, 3.05) is 0 Å². The molecule has 0 bridgehead atoms. The summed E-state index contributed by atoms with van der Waals surface area (Å²) >= 11 is 0. The molecule has 0 aliphatic rings. The van der Waals surface area contributed by atoms with E-state index in [1.54, 1.807) is 6.07 Å². The van der Waals surface area contributed by atoms with Crippen LogP contribution < -0.4 is 0 Å². The molecule has 0 N–H and O–H groups in total. The standard InChI is InChI=1S/C14H11F3N2O/c15-14(16,17)6-5-13(9-19,10-20)7-11-1-3-12(8-18)4-2-11/h1-4,10H,5-7H2. The summed E-state index contributed by atoms with van der Waals surface area (Å²) in [5.74, 6) is 0. The lowest BCUT2D eigenvalue weighted by Crippen LogP contribution is -2.26. The number of rotatable bonds is 5. The van der Waals surface area contributed by atoms with Gasteiger partial charge in [0.05, 0.1) is 17.7 Å². The van der Waals surface area contributed by atoms with Crippen molar-refractivity contribution in [3.8, 4) is 12.1 Å². The molecule has 3 nitrogen and oxygen atoms in total. The van der Waals surface area contributed by atoms with E-state index in [0.717, 1.165) is 0 Å². The van der Waals surface area contributed by atoms with Crippen LogP contribution in [0, 0.1) is 28.1 Å². The number of aldehydes is 1. The smallest absolute Gasteiger partial charge is 0.302 e. The average Bonchev–Trinajstić information content (AvgIpc) is 2.43. The molecule has 1 aromatic rings. The number of benzene rings is 1. The van der Waals surface area contributed by atoms with E-state index in [-0.39, 0.29) is 12.7 Å². The first kappa shape index (κ1) is 15.7. The third-order valence-corrected chi connectivity index (χ3v) is 2.91. The summed E-state index contributed by atoms with van der Waals surface area (Å²) in [4.78, 5) is 11.1. The second-order valence-corrected chi connectivity index (χ2v) is 4.49. The number of halogens is 3. The quantitative estimate of drug-likeness (QED) is 0.778. The molecule has 0 saturated carbocycles. The van der Waals surface area contributed by atoms with E-state index in [0.29, 0.717) is 11.1 Å². The Bertz CT molecular complexity index is 552. The number of nitriles is 2. The van der Waals surface area contributed by atoms with Crippen LogP contribution in [0.15, 0.2) is 24.3 Å². The molecule has 0 aliphatic carbocycles. The molecule has 0 heterocycles. The molecular formula is C14H11F3N2O. The molecule has 0 fully saturated rings. The number of nitrogens with zero attached hydrogens (tertiary/aromatic N) is 2. The van der Waals surface area contributed by atoms with Gasteiger partial charge in [-0.25, -0.2) is 0 Å². The van der Waals surface area contributed by atoms with E-state index >= 15 is 0 Å². The van der Waals surface area contributed by atoms with Crippen LogP contribution >= 0.6 is 0 Å². The summed E-state index contributed by atoms with van der Waals surface area (Å²) in [6, 6.07) is 9.63. The maximum absolute atomic E-state index is 12.2. The Morgan fingerprint density at radius 3 is 2.10 bits per heavy atom. The summed E-state index contributed by atoms with van der Waals surface area (Å²) in [5, 5.41) is 17.7.